The van der Waals surface area contributed by atoms with E-state index in [4.69, 9.17) is 4.99 Å². The van der Waals surface area contributed by atoms with Gasteiger partial charge in [0.15, 0.2) is 5.17 Å². The Kier molecular flexibility index (Phi) is 4.11. The molecular weight excluding hydrogens is 308 g/mol. The fourth-order valence-corrected chi connectivity index (χ4v) is 7.19. The van der Waals surface area contributed by atoms with Crippen LogP contribution in [0.2, 0.25) is 0 Å². The highest BCUT2D eigenvalue weighted by atomic mass is 32.2. The topological polar surface area (TPSA) is 52.9 Å². The fourth-order valence-electron chi connectivity index (χ4n) is 5.89. The zero-order valence-electron chi connectivity index (χ0n) is 14.0. The van der Waals surface area contributed by atoms with Crippen LogP contribution in [0.1, 0.15) is 58.3 Å². The van der Waals surface area contributed by atoms with Crippen molar-refractivity contribution in [1.29, 1.82) is 0 Å². The second-order valence-corrected chi connectivity index (χ2v) is 9.28. The average molecular weight is 337 g/mol. The number of rotatable bonds is 5. The maximum atomic E-state index is 11.1. The highest BCUT2D eigenvalue weighted by Crippen LogP contribution is 2.57. The number of thioether (sulfide) groups is 1. The van der Waals surface area contributed by atoms with Crippen molar-refractivity contribution < 1.29 is 9.90 Å². The monoisotopic (exact) mass is 336 g/mol. The molecule has 0 aromatic heterocycles. The van der Waals surface area contributed by atoms with Crippen LogP contribution in [-0.2, 0) is 4.79 Å². The summed E-state index contributed by atoms with van der Waals surface area (Å²) in [4.78, 5) is 18.8. The molecule has 1 unspecified atom stereocenters. The van der Waals surface area contributed by atoms with Gasteiger partial charge in [-0.3, -0.25) is 9.79 Å². The van der Waals surface area contributed by atoms with E-state index < -0.39 is 5.97 Å². The Balaban J connectivity index is 1.56. The smallest absolute Gasteiger partial charge is 0.305 e. The number of carbonyl (C=O) groups is 1. The Morgan fingerprint density at radius 1 is 1.26 bits per heavy atom. The predicted molar refractivity (Wildman–Crippen MR) is 93.8 cm³/mol. The van der Waals surface area contributed by atoms with E-state index in [2.05, 4.69) is 11.8 Å². The third kappa shape index (κ3) is 3.01. The summed E-state index contributed by atoms with van der Waals surface area (Å²) in [6.07, 6.45) is 9.47. The molecule has 4 saturated carbocycles. The van der Waals surface area contributed by atoms with Gasteiger partial charge in [0.1, 0.15) is 0 Å². The summed E-state index contributed by atoms with van der Waals surface area (Å²) in [5.41, 5.74) is 0.196. The highest BCUT2D eigenvalue weighted by molar-refractivity contribution is 8.14. The molecule has 4 aliphatic carbocycles. The van der Waals surface area contributed by atoms with E-state index >= 15 is 0 Å². The SMILES string of the molecule is CCCN1C(=NC23CC4CC(CC(C4)C2)C3)SCC1CC(=O)O. The summed E-state index contributed by atoms with van der Waals surface area (Å²) < 4.78 is 0. The Hall–Kier alpha value is -0.710. The number of amidine groups is 1. The Morgan fingerprint density at radius 3 is 2.39 bits per heavy atom. The standard InChI is InChI=1S/C18H28N2O2S/c1-2-3-20-15(7-16(21)22)11-23-17(20)19-18-8-12-4-13(9-18)6-14(5-12)10-18/h12-15H,2-11H2,1H3,(H,21,22). The lowest BCUT2D eigenvalue weighted by Gasteiger charge is -2.55. The van der Waals surface area contributed by atoms with E-state index in [9.17, 15) is 9.90 Å². The van der Waals surface area contributed by atoms with Crippen LogP contribution in [0.25, 0.3) is 0 Å². The molecule has 1 N–H and O–H groups in total. The van der Waals surface area contributed by atoms with E-state index in [0.29, 0.717) is 0 Å². The van der Waals surface area contributed by atoms with Crippen LogP contribution in [0.5, 0.6) is 0 Å². The molecule has 0 spiro atoms. The minimum atomic E-state index is -0.687. The molecule has 1 saturated heterocycles. The molecule has 4 bridgehead atoms. The first-order valence-corrected chi connectivity index (χ1v) is 10.3. The molecule has 0 aromatic carbocycles. The van der Waals surface area contributed by atoms with Gasteiger partial charge in [-0.05, 0) is 62.7 Å². The van der Waals surface area contributed by atoms with Crippen LogP contribution in [0, 0.1) is 17.8 Å². The van der Waals surface area contributed by atoms with Crippen molar-refractivity contribution in [2.75, 3.05) is 12.3 Å². The Bertz CT molecular complexity index is 484. The molecule has 5 aliphatic rings. The molecule has 1 aliphatic heterocycles. The van der Waals surface area contributed by atoms with Gasteiger partial charge in [-0.2, -0.15) is 0 Å². The molecule has 1 heterocycles. The number of nitrogens with zero attached hydrogens (tertiary/aromatic N) is 2. The Labute approximate surface area is 143 Å². The van der Waals surface area contributed by atoms with Gasteiger partial charge in [0, 0.05) is 12.3 Å². The van der Waals surface area contributed by atoms with Crippen LogP contribution in [-0.4, -0.2) is 45.0 Å². The molecule has 0 amide bonds. The largest absolute Gasteiger partial charge is 0.481 e. The van der Waals surface area contributed by atoms with Crippen molar-refractivity contribution in [1.82, 2.24) is 4.90 Å². The third-order valence-electron chi connectivity index (χ3n) is 6.30. The number of aliphatic imine (C=N–C) groups is 1. The van der Waals surface area contributed by atoms with Gasteiger partial charge in [0.05, 0.1) is 18.0 Å². The molecular formula is C18H28N2O2S. The quantitative estimate of drug-likeness (QED) is 0.833. The van der Waals surface area contributed by atoms with Gasteiger partial charge in [-0.25, -0.2) is 0 Å². The van der Waals surface area contributed by atoms with E-state index in [1.165, 1.54) is 38.5 Å². The van der Waals surface area contributed by atoms with Crippen LogP contribution in [0.4, 0.5) is 0 Å². The van der Waals surface area contributed by atoms with Crippen molar-refractivity contribution in [3.63, 3.8) is 0 Å². The Morgan fingerprint density at radius 2 is 1.87 bits per heavy atom. The molecule has 23 heavy (non-hydrogen) atoms. The lowest BCUT2D eigenvalue weighted by molar-refractivity contribution is -0.137. The van der Waals surface area contributed by atoms with E-state index in [-0.39, 0.29) is 18.0 Å². The summed E-state index contributed by atoms with van der Waals surface area (Å²) in [6, 6.07) is 0.130. The average Bonchev–Trinajstić information content (AvgIpc) is 2.79. The number of carboxylic acids is 1. The molecule has 0 aromatic rings. The van der Waals surface area contributed by atoms with Gasteiger partial charge in [0.2, 0.25) is 0 Å². The minimum Gasteiger partial charge on any atom is -0.481 e. The molecule has 5 rings (SSSR count). The van der Waals surface area contributed by atoms with Gasteiger partial charge >= 0.3 is 5.97 Å². The second-order valence-electron chi connectivity index (χ2n) is 8.29. The normalized spacial score (nSPS) is 43.5. The first-order valence-electron chi connectivity index (χ1n) is 9.28. The first kappa shape index (κ1) is 15.8. The number of hydrogen-bond donors (Lipinski definition) is 1. The molecule has 4 nitrogen and oxygen atoms in total. The van der Waals surface area contributed by atoms with Gasteiger partial charge in [-0.1, -0.05) is 18.7 Å². The minimum absolute atomic E-state index is 0.130. The van der Waals surface area contributed by atoms with Crippen LogP contribution in [0.15, 0.2) is 4.99 Å². The summed E-state index contributed by atoms with van der Waals surface area (Å²) in [6.45, 7) is 3.11. The van der Waals surface area contributed by atoms with Crippen molar-refractivity contribution >= 4 is 22.9 Å². The van der Waals surface area contributed by atoms with Crippen LogP contribution < -0.4 is 0 Å². The van der Waals surface area contributed by atoms with Crippen molar-refractivity contribution in [2.24, 2.45) is 22.7 Å². The lowest BCUT2D eigenvalue weighted by atomic mass is 9.53. The third-order valence-corrected chi connectivity index (χ3v) is 7.44. The molecule has 128 valence electrons. The van der Waals surface area contributed by atoms with E-state index in [1.54, 1.807) is 11.8 Å². The molecule has 0 radical (unpaired) electrons. The summed E-state index contributed by atoms with van der Waals surface area (Å²) in [5.74, 6) is 2.93. The lowest BCUT2D eigenvalue weighted by Crippen LogP contribution is -2.50. The van der Waals surface area contributed by atoms with Gasteiger partial charge in [-0.15, -0.1) is 0 Å². The van der Waals surface area contributed by atoms with Crippen LogP contribution in [0.3, 0.4) is 0 Å². The fraction of sp³-hybridized carbons (Fsp3) is 0.889. The molecule has 1 atom stereocenters. The molecule has 5 fully saturated rings. The maximum Gasteiger partial charge on any atom is 0.305 e. The van der Waals surface area contributed by atoms with E-state index in [0.717, 1.165) is 41.6 Å². The first-order chi connectivity index (χ1) is 11.1. The summed E-state index contributed by atoms with van der Waals surface area (Å²) in [7, 11) is 0. The number of carboxylic acid groups (broad SMARTS) is 1. The second kappa shape index (κ2) is 5.98. The predicted octanol–water partition coefficient (Wildman–Crippen LogP) is 3.61. The number of hydrogen-bond acceptors (Lipinski definition) is 3. The van der Waals surface area contributed by atoms with Gasteiger partial charge in [0.25, 0.3) is 0 Å². The summed E-state index contributed by atoms with van der Waals surface area (Å²) >= 11 is 1.80. The zero-order valence-corrected chi connectivity index (χ0v) is 14.9. The zero-order chi connectivity index (χ0) is 16.0. The van der Waals surface area contributed by atoms with Crippen molar-refractivity contribution in [3.05, 3.63) is 0 Å². The maximum absolute atomic E-state index is 11.1. The van der Waals surface area contributed by atoms with Crippen molar-refractivity contribution in [3.8, 4) is 0 Å². The molecule has 5 heteroatoms. The van der Waals surface area contributed by atoms with Gasteiger partial charge < -0.3 is 10.0 Å². The summed E-state index contributed by atoms with van der Waals surface area (Å²) in [5, 5.41) is 10.3. The highest BCUT2D eigenvalue weighted by Gasteiger charge is 2.51. The van der Waals surface area contributed by atoms with Crippen LogP contribution >= 0.6 is 11.8 Å². The van der Waals surface area contributed by atoms with E-state index in [1.807, 2.05) is 0 Å². The van der Waals surface area contributed by atoms with Crippen molar-refractivity contribution in [2.45, 2.75) is 69.9 Å². The number of aliphatic carboxylic acids is 1.